The molecule has 3 nitrogen and oxygen atoms in total. The van der Waals surface area contributed by atoms with Crippen molar-refractivity contribution >= 4 is 0 Å². The highest BCUT2D eigenvalue weighted by atomic mass is 16.5. The van der Waals surface area contributed by atoms with E-state index in [4.69, 9.17) is 9.15 Å². The Hall–Kier alpha value is -0.800. The Kier molecular flexibility index (Phi) is 4.02. The van der Waals surface area contributed by atoms with E-state index in [1.165, 1.54) is 0 Å². The van der Waals surface area contributed by atoms with Crippen LogP contribution >= 0.6 is 0 Å². The van der Waals surface area contributed by atoms with Gasteiger partial charge in [0.05, 0.1) is 0 Å². The van der Waals surface area contributed by atoms with Crippen molar-refractivity contribution in [2.75, 3.05) is 13.2 Å². The second-order valence-electron chi connectivity index (χ2n) is 4.30. The number of hydrogen-bond donors (Lipinski definition) is 1. The summed E-state index contributed by atoms with van der Waals surface area (Å²) in [5, 5.41) is 3.48. The Morgan fingerprint density at radius 3 is 2.94 bits per heavy atom. The van der Waals surface area contributed by atoms with Gasteiger partial charge in [0.25, 0.3) is 0 Å². The molecule has 1 saturated heterocycles. The molecule has 0 radical (unpaired) electrons. The van der Waals surface area contributed by atoms with Crippen molar-refractivity contribution in [1.29, 1.82) is 0 Å². The largest absolute Gasteiger partial charge is 0.463 e. The predicted octanol–water partition coefficient (Wildman–Crippen LogP) is 2.67. The summed E-state index contributed by atoms with van der Waals surface area (Å²) in [6.45, 7) is 6.10. The Morgan fingerprint density at radius 1 is 1.38 bits per heavy atom. The maximum atomic E-state index is 5.76. The van der Waals surface area contributed by atoms with Gasteiger partial charge in [-0.15, -0.1) is 0 Å². The summed E-state index contributed by atoms with van der Waals surface area (Å²) < 4.78 is 11.5. The van der Waals surface area contributed by atoms with Crippen molar-refractivity contribution in [2.24, 2.45) is 0 Å². The van der Waals surface area contributed by atoms with Gasteiger partial charge < -0.3 is 14.5 Å². The number of furan rings is 1. The molecule has 0 bridgehead atoms. The fraction of sp³-hybridized carbons (Fsp3) is 0.692. The van der Waals surface area contributed by atoms with Gasteiger partial charge in [-0.2, -0.15) is 0 Å². The van der Waals surface area contributed by atoms with Gasteiger partial charge in [-0.25, -0.2) is 0 Å². The molecular weight excluding hydrogens is 202 g/mol. The predicted molar refractivity (Wildman–Crippen MR) is 63.5 cm³/mol. The molecule has 2 heterocycles. The molecular formula is C13H21NO2. The molecule has 1 aliphatic heterocycles. The molecule has 1 N–H and O–H groups in total. The Labute approximate surface area is 97.2 Å². The molecule has 1 fully saturated rings. The Bertz CT molecular complexity index is 319. The highest BCUT2D eigenvalue weighted by Crippen LogP contribution is 2.29. The lowest BCUT2D eigenvalue weighted by atomic mass is 10.0. The molecule has 0 amide bonds. The summed E-state index contributed by atoms with van der Waals surface area (Å²) >= 11 is 0. The molecule has 1 aliphatic rings. The quantitative estimate of drug-likeness (QED) is 0.852. The van der Waals surface area contributed by atoms with E-state index in [2.05, 4.69) is 31.3 Å². The zero-order chi connectivity index (χ0) is 11.4. The van der Waals surface area contributed by atoms with E-state index in [0.29, 0.717) is 6.04 Å². The van der Waals surface area contributed by atoms with Gasteiger partial charge >= 0.3 is 0 Å². The zero-order valence-electron chi connectivity index (χ0n) is 10.2. The van der Waals surface area contributed by atoms with Gasteiger partial charge in [0.15, 0.2) is 0 Å². The van der Waals surface area contributed by atoms with Crippen LogP contribution in [0.5, 0.6) is 0 Å². The molecule has 0 spiro atoms. The summed E-state index contributed by atoms with van der Waals surface area (Å²) in [6, 6.07) is 4.67. The second-order valence-corrected chi connectivity index (χ2v) is 4.30. The first-order valence-corrected chi connectivity index (χ1v) is 6.27. The van der Waals surface area contributed by atoms with Crippen molar-refractivity contribution in [1.82, 2.24) is 5.32 Å². The van der Waals surface area contributed by atoms with Crippen molar-refractivity contribution in [3.8, 4) is 0 Å². The van der Waals surface area contributed by atoms with Crippen molar-refractivity contribution < 1.29 is 9.15 Å². The SMILES string of the molecule is CCNC1CCOC(c2ccc(CC)o2)C1. The molecule has 0 saturated carbocycles. The number of rotatable bonds is 4. The lowest BCUT2D eigenvalue weighted by molar-refractivity contribution is -0.0120. The maximum absolute atomic E-state index is 5.76. The molecule has 0 aliphatic carbocycles. The lowest BCUT2D eigenvalue weighted by Crippen LogP contribution is -2.35. The van der Waals surface area contributed by atoms with E-state index in [1.807, 2.05) is 0 Å². The molecule has 16 heavy (non-hydrogen) atoms. The summed E-state index contributed by atoms with van der Waals surface area (Å²) in [5.74, 6) is 2.03. The van der Waals surface area contributed by atoms with Gasteiger partial charge in [0.1, 0.15) is 17.6 Å². The van der Waals surface area contributed by atoms with Gasteiger partial charge in [0, 0.05) is 19.1 Å². The molecule has 2 unspecified atom stereocenters. The van der Waals surface area contributed by atoms with Crippen LogP contribution in [0, 0.1) is 0 Å². The number of nitrogens with one attached hydrogen (secondary N) is 1. The number of ether oxygens (including phenoxy) is 1. The highest BCUT2D eigenvalue weighted by Gasteiger charge is 2.25. The smallest absolute Gasteiger partial charge is 0.133 e. The average molecular weight is 223 g/mol. The van der Waals surface area contributed by atoms with Gasteiger partial charge in [-0.3, -0.25) is 0 Å². The van der Waals surface area contributed by atoms with Crippen LogP contribution in [0.25, 0.3) is 0 Å². The van der Waals surface area contributed by atoms with Crippen LogP contribution in [0.2, 0.25) is 0 Å². The van der Waals surface area contributed by atoms with Crippen LogP contribution in [-0.2, 0) is 11.2 Å². The summed E-state index contributed by atoms with van der Waals surface area (Å²) in [7, 11) is 0. The van der Waals surface area contributed by atoms with Crippen molar-refractivity contribution in [3.05, 3.63) is 23.7 Å². The first-order valence-electron chi connectivity index (χ1n) is 6.27. The maximum Gasteiger partial charge on any atom is 0.133 e. The molecule has 1 aromatic heterocycles. The van der Waals surface area contributed by atoms with Crippen LogP contribution in [0.4, 0.5) is 0 Å². The standard InChI is InChI=1S/C13H21NO2/c1-3-11-5-6-12(16-11)13-9-10(14-4-2)7-8-15-13/h5-6,10,13-14H,3-4,7-9H2,1-2H3. The van der Waals surface area contributed by atoms with E-state index < -0.39 is 0 Å². The van der Waals surface area contributed by atoms with E-state index in [-0.39, 0.29) is 6.10 Å². The van der Waals surface area contributed by atoms with Crippen molar-refractivity contribution in [2.45, 2.75) is 45.3 Å². The minimum atomic E-state index is 0.137. The average Bonchev–Trinajstić information content (AvgIpc) is 2.78. The van der Waals surface area contributed by atoms with E-state index in [1.54, 1.807) is 0 Å². The van der Waals surface area contributed by atoms with Crippen LogP contribution in [0.15, 0.2) is 16.5 Å². The fourth-order valence-electron chi connectivity index (χ4n) is 2.23. The van der Waals surface area contributed by atoms with E-state index >= 15 is 0 Å². The topological polar surface area (TPSA) is 34.4 Å². The number of aryl methyl sites for hydroxylation is 1. The molecule has 90 valence electrons. The molecule has 2 atom stereocenters. The third kappa shape index (κ3) is 2.66. The molecule has 0 aromatic carbocycles. The van der Waals surface area contributed by atoms with Gasteiger partial charge in [-0.05, 0) is 31.5 Å². The van der Waals surface area contributed by atoms with Crippen LogP contribution < -0.4 is 5.32 Å². The molecule has 3 heteroatoms. The van der Waals surface area contributed by atoms with Crippen LogP contribution in [0.1, 0.15) is 44.3 Å². The lowest BCUT2D eigenvalue weighted by Gasteiger charge is -2.28. The fourth-order valence-corrected chi connectivity index (χ4v) is 2.23. The monoisotopic (exact) mass is 223 g/mol. The Morgan fingerprint density at radius 2 is 2.25 bits per heavy atom. The first-order chi connectivity index (χ1) is 7.83. The third-order valence-electron chi connectivity index (χ3n) is 3.12. The molecule has 2 rings (SSSR count). The van der Waals surface area contributed by atoms with Crippen LogP contribution in [-0.4, -0.2) is 19.2 Å². The number of hydrogen-bond acceptors (Lipinski definition) is 3. The second kappa shape index (κ2) is 5.51. The molecule has 1 aromatic rings. The minimum Gasteiger partial charge on any atom is -0.463 e. The zero-order valence-corrected chi connectivity index (χ0v) is 10.2. The van der Waals surface area contributed by atoms with Crippen molar-refractivity contribution in [3.63, 3.8) is 0 Å². The first kappa shape index (κ1) is 11.7. The van der Waals surface area contributed by atoms with Gasteiger partial charge in [0.2, 0.25) is 0 Å². The van der Waals surface area contributed by atoms with E-state index in [9.17, 15) is 0 Å². The highest BCUT2D eigenvalue weighted by molar-refractivity contribution is 5.10. The van der Waals surface area contributed by atoms with E-state index in [0.717, 1.165) is 43.9 Å². The minimum absolute atomic E-state index is 0.137. The Balaban J connectivity index is 1.98. The summed E-state index contributed by atoms with van der Waals surface area (Å²) in [6.07, 6.45) is 3.21. The normalized spacial score (nSPS) is 25.9. The third-order valence-corrected chi connectivity index (χ3v) is 3.12. The van der Waals surface area contributed by atoms with Crippen LogP contribution in [0.3, 0.4) is 0 Å². The summed E-state index contributed by atoms with van der Waals surface area (Å²) in [4.78, 5) is 0. The summed E-state index contributed by atoms with van der Waals surface area (Å²) in [5.41, 5.74) is 0. The van der Waals surface area contributed by atoms with Gasteiger partial charge in [-0.1, -0.05) is 13.8 Å².